The van der Waals surface area contributed by atoms with Crippen molar-refractivity contribution in [2.24, 2.45) is 0 Å². The molecule has 0 amide bonds. The number of carboxylic acid groups (broad SMARTS) is 1. The Morgan fingerprint density at radius 1 is 1.59 bits per heavy atom. The fourth-order valence-corrected chi connectivity index (χ4v) is 1.48. The molecule has 94 valence electrons. The van der Waals surface area contributed by atoms with Crippen molar-refractivity contribution in [2.45, 2.75) is 32.4 Å². The van der Waals surface area contributed by atoms with Crippen molar-refractivity contribution in [3.8, 4) is 5.88 Å². The van der Waals surface area contributed by atoms with Crippen molar-refractivity contribution in [3.63, 3.8) is 0 Å². The summed E-state index contributed by atoms with van der Waals surface area (Å²) in [6.07, 6.45) is 3.14. The lowest BCUT2D eigenvalue weighted by Gasteiger charge is -2.13. The van der Waals surface area contributed by atoms with Crippen LogP contribution in [-0.2, 0) is 11.3 Å². The molecule has 0 aliphatic rings. The number of hydrogen-bond donors (Lipinski definition) is 2. The van der Waals surface area contributed by atoms with Crippen LogP contribution in [0.5, 0.6) is 5.88 Å². The van der Waals surface area contributed by atoms with E-state index >= 15 is 0 Å². The van der Waals surface area contributed by atoms with Gasteiger partial charge >= 0.3 is 5.97 Å². The highest BCUT2D eigenvalue weighted by Gasteiger charge is 2.14. The van der Waals surface area contributed by atoms with E-state index in [0.29, 0.717) is 18.8 Å². The van der Waals surface area contributed by atoms with Crippen LogP contribution < -0.4 is 10.1 Å². The Bertz CT molecular complexity index is 351. The maximum atomic E-state index is 10.9. The van der Waals surface area contributed by atoms with E-state index in [1.807, 2.05) is 13.0 Å². The Labute approximate surface area is 101 Å². The largest absolute Gasteiger partial charge is 0.481 e. The summed E-state index contributed by atoms with van der Waals surface area (Å²) in [4.78, 5) is 15.0. The zero-order valence-electron chi connectivity index (χ0n) is 10.1. The van der Waals surface area contributed by atoms with Crippen LogP contribution in [0.3, 0.4) is 0 Å². The smallest absolute Gasteiger partial charge is 0.320 e. The van der Waals surface area contributed by atoms with Crippen LogP contribution in [0.4, 0.5) is 0 Å². The summed E-state index contributed by atoms with van der Waals surface area (Å²) < 4.78 is 4.95. The third kappa shape index (κ3) is 4.40. The first-order chi connectivity index (χ1) is 8.17. The van der Waals surface area contributed by atoms with Gasteiger partial charge in [0.1, 0.15) is 6.04 Å². The lowest BCUT2D eigenvalue weighted by molar-refractivity contribution is -0.139. The molecule has 0 bridgehead atoms. The summed E-state index contributed by atoms with van der Waals surface area (Å²) in [7, 11) is 1.56. The Morgan fingerprint density at radius 2 is 2.35 bits per heavy atom. The number of rotatable bonds is 7. The highest BCUT2D eigenvalue weighted by molar-refractivity contribution is 5.73. The van der Waals surface area contributed by atoms with Crippen molar-refractivity contribution < 1.29 is 14.6 Å². The molecule has 5 heteroatoms. The molecule has 17 heavy (non-hydrogen) atoms. The van der Waals surface area contributed by atoms with E-state index < -0.39 is 12.0 Å². The van der Waals surface area contributed by atoms with Crippen molar-refractivity contribution >= 4 is 5.97 Å². The number of ether oxygens (including phenoxy) is 1. The van der Waals surface area contributed by atoms with Crippen LogP contribution in [-0.4, -0.2) is 29.2 Å². The molecule has 1 aromatic heterocycles. The third-order valence-corrected chi connectivity index (χ3v) is 2.43. The van der Waals surface area contributed by atoms with Gasteiger partial charge in [-0.3, -0.25) is 4.79 Å². The van der Waals surface area contributed by atoms with Gasteiger partial charge in [-0.1, -0.05) is 19.4 Å². The van der Waals surface area contributed by atoms with Gasteiger partial charge in [0, 0.05) is 18.8 Å². The molecule has 0 saturated heterocycles. The highest BCUT2D eigenvalue weighted by atomic mass is 16.5. The molecule has 0 saturated carbocycles. The molecule has 1 unspecified atom stereocenters. The molecule has 0 aliphatic carbocycles. The van der Waals surface area contributed by atoms with Crippen molar-refractivity contribution in [3.05, 3.63) is 23.9 Å². The summed E-state index contributed by atoms with van der Waals surface area (Å²) in [5.74, 6) is -0.259. The van der Waals surface area contributed by atoms with Crippen molar-refractivity contribution in [1.29, 1.82) is 0 Å². The zero-order valence-corrected chi connectivity index (χ0v) is 10.1. The third-order valence-electron chi connectivity index (χ3n) is 2.43. The average molecular weight is 238 g/mol. The van der Waals surface area contributed by atoms with Gasteiger partial charge in [0.15, 0.2) is 0 Å². The molecular weight excluding hydrogens is 220 g/mol. The summed E-state index contributed by atoms with van der Waals surface area (Å²) in [5.41, 5.74) is 0.938. The van der Waals surface area contributed by atoms with Crippen molar-refractivity contribution in [1.82, 2.24) is 10.3 Å². The predicted octanol–water partition coefficient (Wildman–Crippen LogP) is 1.43. The molecule has 0 aromatic carbocycles. The summed E-state index contributed by atoms with van der Waals surface area (Å²) >= 11 is 0. The summed E-state index contributed by atoms with van der Waals surface area (Å²) in [6, 6.07) is 3.12. The van der Waals surface area contributed by atoms with Crippen molar-refractivity contribution in [2.75, 3.05) is 7.11 Å². The lowest BCUT2D eigenvalue weighted by Crippen LogP contribution is -2.36. The van der Waals surface area contributed by atoms with Gasteiger partial charge in [-0.15, -0.1) is 0 Å². The van der Waals surface area contributed by atoms with E-state index in [4.69, 9.17) is 9.84 Å². The molecule has 1 rings (SSSR count). The Kier molecular flexibility index (Phi) is 5.42. The highest BCUT2D eigenvalue weighted by Crippen LogP contribution is 2.07. The Hall–Kier alpha value is -1.62. The second-order valence-electron chi connectivity index (χ2n) is 3.77. The van der Waals surface area contributed by atoms with E-state index in [1.165, 1.54) is 0 Å². The molecule has 5 nitrogen and oxygen atoms in total. The van der Waals surface area contributed by atoms with E-state index in [-0.39, 0.29) is 0 Å². The monoisotopic (exact) mass is 238 g/mol. The quantitative estimate of drug-likeness (QED) is 0.752. The van der Waals surface area contributed by atoms with Gasteiger partial charge in [0.05, 0.1) is 7.11 Å². The maximum Gasteiger partial charge on any atom is 0.320 e. The second-order valence-corrected chi connectivity index (χ2v) is 3.77. The molecule has 0 radical (unpaired) electrons. The zero-order chi connectivity index (χ0) is 12.7. The lowest BCUT2D eigenvalue weighted by atomic mass is 10.1. The van der Waals surface area contributed by atoms with E-state index in [0.717, 1.165) is 12.0 Å². The van der Waals surface area contributed by atoms with Crippen LogP contribution >= 0.6 is 0 Å². The molecule has 0 aliphatic heterocycles. The normalized spacial score (nSPS) is 12.1. The molecule has 0 spiro atoms. The number of carbonyl (C=O) groups is 1. The summed E-state index contributed by atoms with van der Waals surface area (Å²) in [6.45, 7) is 2.46. The number of pyridine rings is 1. The number of carboxylic acids is 1. The fourth-order valence-electron chi connectivity index (χ4n) is 1.48. The number of nitrogens with zero attached hydrogens (tertiary/aromatic N) is 1. The van der Waals surface area contributed by atoms with Crippen LogP contribution in [0, 0.1) is 0 Å². The first-order valence-electron chi connectivity index (χ1n) is 5.62. The predicted molar refractivity (Wildman–Crippen MR) is 64.0 cm³/mol. The number of aromatic nitrogens is 1. The molecule has 2 N–H and O–H groups in total. The summed E-state index contributed by atoms with van der Waals surface area (Å²) in [5, 5.41) is 12.0. The molecule has 0 fully saturated rings. The van der Waals surface area contributed by atoms with Crippen LogP contribution in [0.1, 0.15) is 25.3 Å². The minimum absolute atomic E-state index is 0.494. The number of methoxy groups -OCH3 is 1. The topological polar surface area (TPSA) is 71.5 Å². The van der Waals surface area contributed by atoms with Gasteiger partial charge in [-0.25, -0.2) is 4.98 Å². The van der Waals surface area contributed by atoms with Gasteiger partial charge in [-0.05, 0) is 12.0 Å². The second kappa shape index (κ2) is 6.85. The van der Waals surface area contributed by atoms with Crippen LogP contribution in [0.2, 0.25) is 0 Å². The maximum absolute atomic E-state index is 10.9. The van der Waals surface area contributed by atoms with E-state index in [1.54, 1.807) is 19.4 Å². The standard InChI is InChI=1S/C12H18N2O3/c1-3-4-10(12(15)16)13-7-9-5-6-11(17-2)14-8-9/h5-6,8,10,13H,3-4,7H2,1-2H3,(H,15,16). The van der Waals surface area contributed by atoms with Crippen LogP contribution in [0.15, 0.2) is 18.3 Å². The Balaban J connectivity index is 2.50. The van der Waals surface area contributed by atoms with E-state index in [2.05, 4.69) is 10.3 Å². The number of nitrogens with one attached hydrogen (secondary N) is 1. The first kappa shape index (κ1) is 13.4. The van der Waals surface area contributed by atoms with Gasteiger partial charge < -0.3 is 15.2 Å². The first-order valence-corrected chi connectivity index (χ1v) is 5.62. The number of hydrogen-bond acceptors (Lipinski definition) is 4. The number of aliphatic carboxylic acids is 1. The molecule has 1 heterocycles. The van der Waals surface area contributed by atoms with Crippen LogP contribution in [0.25, 0.3) is 0 Å². The average Bonchev–Trinajstić information content (AvgIpc) is 2.34. The van der Waals surface area contributed by atoms with E-state index in [9.17, 15) is 4.79 Å². The van der Waals surface area contributed by atoms with Gasteiger partial charge in [0.25, 0.3) is 0 Å². The minimum Gasteiger partial charge on any atom is -0.481 e. The molecular formula is C12H18N2O3. The fraction of sp³-hybridized carbons (Fsp3) is 0.500. The minimum atomic E-state index is -0.812. The SMILES string of the molecule is CCCC(NCc1ccc(OC)nc1)C(=O)O. The molecule has 1 atom stereocenters. The molecule has 1 aromatic rings. The Morgan fingerprint density at radius 3 is 2.82 bits per heavy atom. The van der Waals surface area contributed by atoms with Gasteiger partial charge in [0.2, 0.25) is 5.88 Å². The van der Waals surface area contributed by atoms with Gasteiger partial charge in [-0.2, -0.15) is 0 Å².